The van der Waals surface area contributed by atoms with Gasteiger partial charge in [0.05, 0.1) is 0 Å². The van der Waals surface area contributed by atoms with Crippen molar-refractivity contribution in [1.82, 2.24) is 5.32 Å². The van der Waals surface area contributed by atoms with Crippen LogP contribution in [0.1, 0.15) is 26.7 Å². The van der Waals surface area contributed by atoms with E-state index >= 15 is 0 Å². The smallest absolute Gasteiger partial charge is 0.316 e. The Morgan fingerprint density at radius 2 is 1.93 bits per heavy atom. The van der Waals surface area contributed by atoms with Crippen molar-refractivity contribution < 1.29 is 14.3 Å². The van der Waals surface area contributed by atoms with Crippen LogP contribution in [-0.2, 0) is 14.3 Å². The van der Waals surface area contributed by atoms with E-state index in [9.17, 15) is 9.59 Å². The lowest BCUT2D eigenvalue weighted by molar-refractivity contribution is -0.156. The minimum absolute atomic E-state index is 0.00875. The fraction of sp³-hybridized carbons (Fsp3) is 0.800. The summed E-state index contributed by atoms with van der Waals surface area (Å²) in [6, 6.07) is 0. The zero-order chi connectivity index (χ0) is 10.6. The van der Waals surface area contributed by atoms with Crippen LogP contribution < -0.4 is 5.32 Å². The van der Waals surface area contributed by atoms with Crippen molar-refractivity contribution in [2.75, 3.05) is 13.1 Å². The maximum atomic E-state index is 11.4. The molecule has 0 bridgehead atoms. The number of hydrogen-bond donors (Lipinski definition) is 1. The summed E-state index contributed by atoms with van der Waals surface area (Å²) in [5, 5.41) is 3.18. The van der Waals surface area contributed by atoms with Crippen LogP contribution in [0.25, 0.3) is 0 Å². The Labute approximate surface area is 84.0 Å². The molecule has 1 aliphatic heterocycles. The van der Waals surface area contributed by atoms with E-state index in [0.717, 1.165) is 25.9 Å². The molecule has 0 aromatic carbocycles. The van der Waals surface area contributed by atoms with Crippen LogP contribution in [0.15, 0.2) is 0 Å². The Kier molecular flexibility index (Phi) is 4.07. The third kappa shape index (κ3) is 3.10. The fourth-order valence-electron chi connectivity index (χ4n) is 1.35. The first kappa shape index (κ1) is 11.2. The lowest BCUT2D eigenvalue weighted by Crippen LogP contribution is -2.35. The van der Waals surface area contributed by atoms with Crippen LogP contribution >= 0.6 is 0 Å². The largest absolute Gasteiger partial charge is 0.462 e. The quantitative estimate of drug-likeness (QED) is 0.531. The molecule has 4 heteroatoms. The summed E-state index contributed by atoms with van der Waals surface area (Å²) in [5.41, 5.74) is 0. The van der Waals surface area contributed by atoms with E-state index in [1.165, 1.54) is 6.92 Å². The van der Waals surface area contributed by atoms with E-state index in [4.69, 9.17) is 4.74 Å². The van der Waals surface area contributed by atoms with Crippen molar-refractivity contribution in [3.63, 3.8) is 0 Å². The molecular formula is C10H17NO3. The van der Waals surface area contributed by atoms with E-state index in [-0.39, 0.29) is 17.9 Å². The number of piperidine rings is 1. The second-order valence-electron chi connectivity index (χ2n) is 3.72. The van der Waals surface area contributed by atoms with Gasteiger partial charge in [0.1, 0.15) is 17.8 Å². The van der Waals surface area contributed by atoms with Crippen molar-refractivity contribution in [3.05, 3.63) is 0 Å². The van der Waals surface area contributed by atoms with E-state index in [2.05, 4.69) is 5.32 Å². The first-order valence-electron chi connectivity index (χ1n) is 5.03. The standard InChI is InChI=1S/C10H17NO3/c1-7(8(2)12)10(13)14-9-3-5-11-6-4-9/h7,9,11H,3-6H2,1-2H3. The van der Waals surface area contributed by atoms with Crippen LogP contribution in [0.3, 0.4) is 0 Å². The summed E-state index contributed by atoms with van der Waals surface area (Å²) >= 11 is 0. The van der Waals surface area contributed by atoms with Crippen molar-refractivity contribution in [2.24, 2.45) is 5.92 Å². The topological polar surface area (TPSA) is 55.4 Å². The number of Topliss-reactive ketones (excluding diaryl/α,β-unsaturated/α-hetero) is 1. The van der Waals surface area contributed by atoms with Crippen LogP contribution in [-0.4, -0.2) is 30.9 Å². The predicted molar refractivity (Wildman–Crippen MR) is 51.8 cm³/mol. The molecule has 1 N–H and O–H groups in total. The lowest BCUT2D eigenvalue weighted by atomic mass is 10.1. The monoisotopic (exact) mass is 199 g/mol. The maximum Gasteiger partial charge on any atom is 0.316 e. The highest BCUT2D eigenvalue weighted by molar-refractivity contribution is 5.97. The molecule has 0 aromatic heterocycles. The first-order valence-corrected chi connectivity index (χ1v) is 5.03. The SMILES string of the molecule is CC(=O)C(C)C(=O)OC1CCNCC1. The second kappa shape index (κ2) is 5.10. The van der Waals surface area contributed by atoms with Gasteiger partial charge in [0, 0.05) is 0 Å². The molecule has 0 radical (unpaired) electrons. The Morgan fingerprint density at radius 1 is 1.36 bits per heavy atom. The highest BCUT2D eigenvalue weighted by Gasteiger charge is 2.23. The first-order chi connectivity index (χ1) is 6.61. The molecule has 1 unspecified atom stereocenters. The number of ketones is 1. The second-order valence-corrected chi connectivity index (χ2v) is 3.72. The van der Waals surface area contributed by atoms with Crippen molar-refractivity contribution in [3.8, 4) is 0 Å². The average molecular weight is 199 g/mol. The molecule has 1 aliphatic rings. The molecule has 0 aliphatic carbocycles. The van der Waals surface area contributed by atoms with Crippen LogP contribution in [0.5, 0.6) is 0 Å². The Bertz CT molecular complexity index is 221. The summed E-state index contributed by atoms with van der Waals surface area (Å²) in [4.78, 5) is 22.3. The Hall–Kier alpha value is -0.900. The van der Waals surface area contributed by atoms with Gasteiger partial charge in [-0.25, -0.2) is 0 Å². The summed E-state index contributed by atoms with van der Waals surface area (Å²) < 4.78 is 5.21. The summed E-state index contributed by atoms with van der Waals surface area (Å²) in [7, 11) is 0. The highest BCUT2D eigenvalue weighted by atomic mass is 16.5. The number of hydrogen-bond acceptors (Lipinski definition) is 4. The average Bonchev–Trinajstić information content (AvgIpc) is 2.18. The zero-order valence-corrected chi connectivity index (χ0v) is 8.71. The predicted octanol–water partition coefficient (Wildman–Crippen LogP) is 0.507. The minimum Gasteiger partial charge on any atom is -0.462 e. The molecule has 14 heavy (non-hydrogen) atoms. The van der Waals surface area contributed by atoms with Gasteiger partial charge in [0.25, 0.3) is 0 Å². The normalized spacial score (nSPS) is 20.1. The molecule has 0 aromatic rings. The van der Waals surface area contributed by atoms with Crippen LogP contribution in [0.2, 0.25) is 0 Å². The molecule has 0 amide bonds. The molecule has 80 valence electrons. The zero-order valence-electron chi connectivity index (χ0n) is 8.71. The van der Waals surface area contributed by atoms with Gasteiger partial charge in [-0.2, -0.15) is 0 Å². The number of ether oxygens (including phenoxy) is 1. The molecule has 1 fully saturated rings. The van der Waals surface area contributed by atoms with E-state index < -0.39 is 5.92 Å². The number of carbonyl (C=O) groups excluding carboxylic acids is 2. The van der Waals surface area contributed by atoms with Gasteiger partial charge in [-0.05, 0) is 39.8 Å². The molecule has 1 heterocycles. The molecule has 1 rings (SSSR count). The number of rotatable bonds is 3. The molecule has 0 saturated carbocycles. The fourth-order valence-corrected chi connectivity index (χ4v) is 1.35. The molecule has 4 nitrogen and oxygen atoms in total. The maximum absolute atomic E-state index is 11.4. The summed E-state index contributed by atoms with van der Waals surface area (Å²) in [6.45, 7) is 4.76. The Balaban J connectivity index is 2.35. The molecule has 0 spiro atoms. The van der Waals surface area contributed by atoms with Crippen molar-refractivity contribution in [1.29, 1.82) is 0 Å². The van der Waals surface area contributed by atoms with E-state index in [0.29, 0.717) is 0 Å². The molecule has 1 saturated heterocycles. The van der Waals surface area contributed by atoms with E-state index in [1.54, 1.807) is 6.92 Å². The number of carbonyl (C=O) groups is 2. The van der Waals surface area contributed by atoms with Gasteiger partial charge in [-0.1, -0.05) is 0 Å². The van der Waals surface area contributed by atoms with Gasteiger partial charge < -0.3 is 10.1 Å². The van der Waals surface area contributed by atoms with Gasteiger partial charge in [-0.3, -0.25) is 9.59 Å². The minimum atomic E-state index is -0.620. The molecular weight excluding hydrogens is 182 g/mol. The van der Waals surface area contributed by atoms with E-state index in [1.807, 2.05) is 0 Å². The van der Waals surface area contributed by atoms with Crippen molar-refractivity contribution >= 4 is 11.8 Å². The van der Waals surface area contributed by atoms with Crippen LogP contribution in [0, 0.1) is 5.92 Å². The van der Waals surface area contributed by atoms with Crippen LogP contribution in [0.4, 0.5) is 0 Å². The molecule has 1 atom stereocenters. The lowest BCUT2D eigenvalue weighted by Gasteiger charge is -2.23. The summed E-state index contributed by atoms with van der Waals surface area (Å²) in [6.07, 6.45) is 1.68. The number of esters is 1. The van der Waals surface area contributed by atoms with Gasteiger partial charge >= 0.3 is 5.97 Å². The van der Waals surface area contributed by atoms with Gasteiger partial charge in [-0.15, -0.1) is 0 Å². The summed E-state index contributed by atoms with van der Waals surface area (Å²) in [5.74, 6) is -1.14. The third-order valence-corrected chi connectivity index (χ3v) is 2.53. The van der Waals surface area contributed by atoms with Gasteiger partial charge in [0.15, 0.2) is 0 Å². The Morgan fingerprint density at radius 3 is 2.43 bits per heavy atom. The van der Waals surface area contributed by atoms with Gasteiger partial charge in [0.2, 0.25) is 0 Å². The number of nitrogens with one attached hydrogen (secondary N) is 1. The third-order valence-electron chi connectivity index (χ3n) is 2.53. The van der Waals surface area contributed by atoms with Crippen molar-refractivity contribution in [2.45, 2.75) is 32.8 Å². The highest BCUT2D eigenvalue weighted by Crippen LogP contribution is 2.10.